The molecule has 0 saturated heterocycles. The molecule has 2 N–H and O–H groups in total. The van der Waals surface area contributed by atoms with Crippen LogP contribution in [0.25, 0.3) is 0 Å². The van der Waals surface area contributed by atoms with Gasteiger partial charge in [0, 0.05) is 11.2 Å². The summed E-state index contributed by atoms with van der Waals surface area (Å²) in [5.74, 6) is -0.507. The minimum absolute atomic E-state index is 0.127. The molecule has 2 rings (SSSR count). The van der Waals surface area contributed by atoms with Crippen LogP contribution in [0.4, 0.5) is 10.3 Å². The Morgan fingerprint density at radius 2 is 1.71 bits per heavy atom. The van der Waals surface area contributed by atoms with E-state index in [0.29, 0.717) is 9.59 Å². The van der Waals surface area contributed by atoms with Crippen molar-refractivity contribution in [1.29, 1.82) is 0 Å². The SMILES string of the molecule is CC(C)Sc1nnc(NS(=O)(=O)c2nnc(NC(=O)C(C)C)s2)s1. The molecule has 0 unspecified atom stereocenters. The van der Waals surface area contributed by atoms with Crippen molar-refractivity contribution in [3.05, 3.63) is 0 Å². The first-order chi connectivity index (χ1) is 11.2. The number of amides is 1. The third kappa shape index (κ3) is 5.09. The lowest BCUT2D eigenvalue weighted by Crippen LogP contribution is -2.17. The number of carbonyl (C=O) groups excluding carboxylic acids is 1. The van der Waals surface area contributed by atoms with Crippen molar-refractivity contribution in [3.63, 3.8) is 0 Å². The van der Waals surface area contributed by atoms with Crippen molar-refractivity contribution < 1.29 is 13.2 Å². The van der Waals surface area contributed by atoms with Crippen LogP contribution in [-0.4, -0.2) is 40.0 Å². The van der Waals surface area contributed by atoms with E-state index in [1.807, 2.05) is 13.8 Å². The van der Waals surface area contributed by atoms with Crippen molar-refractivity contribution in [2.45, 2.75) is 41.6 Å². The fraction of sp³-hybridized carbons (Fsp3) is 0.545. The van der Waals surface area contributed by atoms with Crippen LogP contribution in [0.15, 0.2) is 8.68 Å². The second-order valence-corrected chi connectivity index (χ2v) is 10.8. The second kappa shape index (κ2) is 7.72. The van der Waals surface area contributed by atoms with Gasteiger partial charge in [0.05, 0.1) is 0 Å². The van der Waals surface area contributed by atoms with Crippen LogP contribution >= 0.6 is 34.4 Å². The van der Waals surface area contributed by atoms with Crippen LogP contribution in [-0.2, 0) is 14.8 Å². The molecule has 0 saturated carbocycles. The van der Waals surface area contributed by atoms with Crippen LogP contribution in [0.1, 0.15) is 27.7 Å². The van der Waals surface area contributed by atoms with Gasteiger partial charge in [0.25, 0.3) is 14.4 Å². The van der Waals surface area contributed by atoms with Crippen molar-refractivity contribution in [3.8, 4) is 0 Å². The maximum Gasteiger partial charge on any atom is 0.293 e. The minimum Gasteiger partial charge on any atom is -0.300 e. The molecule has 0 atom stereocenters. The number of anilines is 2. The minimum atomic E-state index is -3.92. The van der Waals surface area contributed by atoms with Gasteiger partial charge in [-0.05, 0) is 0 Å². The zero-order valence-corrected chi connectivity index (χ0v) is 16.6. The number of carbonyl (C=O) groups is 1. The summed E-state index contributed by atoms with van der Waals surface area (Å²) in [5, 5.41) is 18.1. The lowest BCUT2D eigenvalue weighted by Gasteiger charge is -2.02. The molecule has 13 heteroatoms. The molecule has 0 aliphatic carbocycles. The highest BCUT2D eigenvalue weighted by Gasteiger charge is 2.23. The monoisotopic (exact) mass is 408 g/mol. The van der Waals surface area contributed by atoms with Crippen LogP contribution in [0.2, 0.25) is 0 Å². The van der Waals surface area contributed by atoms with Crippen molar-refractivity contribution in [2.75, 3.05) is 10.0 Å². The zero-order valence-electron chi connectivity index (χ0n) is 13.3. The molecule has 0 radical (unpaired) electrons. The Morgan fingerprint density at radius 1 is 1.04 bits per heavy atom. The summed E-state index contributed by atoms with van der Waals surface area (Å²) in [5.41, 5.74) is 0. The molecule has 0 aliphatic rings. The van der Waals surface area contributed by atoms with Gasteiger partial charge in [-0.3, -0.25) is 9.52 Å². The third-order valence-electron chi connectivity index (χ3n) is 2.36. The summed E-state index contributed by atoms with van der Waals surface area (Å²) in [4.78, 5) is 11.6. The van der Waals surface area contributed by atoms with E-state index >= 15 is 0 Å². The fourth-order valence-corrected chi connectivity index (χ4v) is 5.39. The Balaban J connectivity index is 2.09. The third-order valence-corrected chi connectivity index (χ3v) is 6.96. The van der Waals surface area contributed by atoms with Crippen LogP contribution in [0, 0.1) is 5.92 Å². The van der Waals surface area contributed by atoms with Crippen molar-refractivity contribution >= 4 is 60.6 Å². The Morgan fingerprint density at radius 3 is 2.33 bits per heavy atom. The largest absolute Gasteiger partial charge is 0.300 e. The van der Waals surface area contributed by atoms with Crippen LogP contribution in [0.5, 0.6) is 0 Å². The predicted octanol–water partition coefficient (Wildman–Crippen LogP) is 2.29. The van der Waals surface area contributed by atoms with Gasteiger partial charge in [-0.2, -0.15) is 8.42 Å². The average molecular weight is 409 g/mol. The lowest BCUT2D eigenvalue weighted by molar-refractivity contribution is -0.118. The Labute approximate surface area is 151 Å². The van der Waals surface area contributed by atoms with E-state index in [1.165, 1.54) is 11.8 Å². The molecule has 24 heavy (non-hydrogen) atoms. The van der Waals surface area contributed by atoms with Crippen LogP contribution < -0.4 is 10.0 Å². The molecule has 0 spiro atoms. The summed E-state index contributed by atoms with van der Waals surface area (Å²) in [6.45, 7) is 7.45. The number of aromatic nitrogens is 4. The molecule has 132 valence electrons. The maximum atomic E-state index is 12.3. The van der Waals surface area contributed by atoms with Crippen molar-refractivity contribution in [1.82, 2.24) is 20.4 Å². The highest BCUT2D eigenvalue weighted by Crippen LogP contribution is 2.30. The maximum absolute atomic E-state index is 12.3. The van der Waals surface area contributed by atoms with E-state index in [2.05, 4.69) is 30.4 Å². The molecule has 1 amide bonds. The molecular formula is C11H16N6O3S4. The number of rotatable bonds is 7. The highest BCUT2D eigenvalue weighted by atomic mass is 32.2. The summed E-state index contributed by atoms with van der Waals surface area (Å²) in [6.07, 6.45) is 0. The highest BCUT2D eigenvalue weighted by molar-refractivity contribution is 8.01. The van der Waals surface area contributed by atoms with Gasteiger partial charge in [0.1, 0.15) is 0 Å². The number of thioether (sulfide) groups is 1. The lowest BCUT2D eigenvalue weighted by atomic mass is 10.2. The fourth-order valence-electron chi connectivity index (χ4n) is 1.28. The predicted molar refractivity (Wildman–Crippen MR) is 95.1 cm³/mol. The number of sulfonamides is 1. The van der Waals surface area contributed by atoms with Gasteiger partial charge >= 0.3 is 0 Å². The Hall–Kier alpha value is -1.31. The molecular weight excluding hydrogens is 392 g/mol. The van der Waals surface area contributed by atoms with E-state index in [0.717, 1.165) is 22.7 Å². The summed E-state index contributed by atoms with van der Waals surface area (Å²) in [7, 11) is -3.92. The van der Waals surface area contributed by atoms with E-state index in [4.69, 9.17) is 0 Å². The average Bonchev–Trinajstić information content (AvgIpc) is 3.07. The van der Waals surface area contributed by atoms with Gasteiger partial charge in [0.15, 0.2) is 4.34 Å². The standard InChI is InChI=1S/C11H16N6O3S4/c1-5(2)7(18)12-8-13-16-11(23-8)24(19,20)17-9-14-15-10(22-9)21-6(3)4/h5-6H,1-4H3,(H,14,17)(H,12,13,18). The topological polar surface area (TPSA) is 127 Å². The van der Waals surface area contributed by atoms with E-state index < -0.39 is 10.0 Å². The number of hydrogen-bond acceptors (Lipinski definition) is 10. The molecule has 0 bridgehead atoms. The zero-order chi connectivity index (χ0) is 17.9. The molecule has 9 nitrogen and oxygen atoms in total. The quantitative estimate of drug-likeness (QED) is 0.528. The molecule has 0 aromatic carbocycles. The summed E-state index contributed by atoms with van der Waals surface area (Å²) >= 11 is 3.40. The molecule has 0 aliphatic heterocycles. The molecule has 2 aromatic rings. The van der Waals surface area contributed by atoms with E-state index in [-0.39, 0.29) is 26.4 Å². The molecule has 2 aromatic heterocycles. The Bertz CT molecular complexity index is 813. The van der Waals surface area contributed by atoms with Gasteiger partial charge in [-0.25, -0.2) is 0 Å². The Kier molecular flexibility index (Phi) is 6.11. The van der Waals surface area contributed by atoms with Crippen LogP contribution in [0.3, 0.4) is 0 Å². The van der Waals surface area contributed by atoms with Gasteiger partial charge in [0.2, 0.25) is 16.2 Å². The smallest absolute Gasteiger partial charge is 0.293 e. The van der Waals surface area contributed by atoms with E-state index in [9.17, 15) is 13.2 Å². The molecule has 2 heterocycles. The summed E-state index contributed by atoms with van der Waals surface area (Å²) < 4.78 is 27.3. The first-order valence-corrected chi connectivity index (χ1v) is 10.8. The first-order valence-electron chi connectivity index (χ1n) is 6.84. The van der Waals surface area contributed by atoms with Crippen molar-refractivity contribution in [2.24, 2.45) is 5.92 Å². The van der Waals surface area contributed by atoms with Gasteiger partial charge in [-0.15, -0.1) is 20.4 Å². The number of nitrogens with zero attached hydrogens (tertiary/aromatic N) is 4. The number of nitrogens with one attached hydrogen (secondary N) is 2. The van der Waals surface area contributed by atoms with Gasteiger partial charge < -0.3 is 5.32 Å². The first kappa shape index (κ1) is 19.0. The normalized spacial score (nSPS) is 11.9. The summed E-state index contributed by atoms with van der Waals surface area (Å²) in [6, 6.07) is 0. The number of hydrogen-bond donors (Lipinski definition) is 2. The van der Waals surface area contributed by atoms with Gasteiger partial charge in [-0.1, -0.05) is 62.1 Å². The van der Waals surface area contributed by atoms with E-state index in [1.54, 1.807) is 13.8 Å². The second-order valence-electron chi connectivity index (χ2n) is 5.16. The molecule has 0 fully saturated rings.